The average molecular weight is 559 g/mol. The normalized spacial score (nSPS) is 36.7. The van der Waals surface area contributed by atoms with Crippen LogP contribution in [0.15, 0.2) is 24.3 Å². The monoisotopic (exact) mass is 558 g/mol. The number of unbranched alkanes of at least 4 members (excludes halogenated alkanes) is 1. The molecule has 0 aromatic carbocycles. The highest BCUT2D eigenvalue weighted by Gasteiger charge is 2.48. The lowest BCUT2D eigenvalue weighted by Crippen LogP contribution is -2.62. The van der Waals surface area contributed by atoms with Crippen molar-refractivity contribution in [3.63, 3.8) is 0 Å². The van der Waals surface area contributed by atoms with Gasteiger partial charge in [-0.1, -0.05) is 30.1 Å². The van der Waals surface area contributed by atoms with Crippen LogP contribution in [-0.4, -0.2) is 139 Å². The third-order valence-corrected chi connectivity index (χ3v) is 6.00. The summed E-state index contributed by atoms with van der Waals surface area (Å²) < 4.78 is 22.0. The summed E-state index contributed by atoms with van der Waals surface area (Å²) in [5.74, 6) is 10.1. The Kier molecular flexibility index (Phi) is 14.5. The SMILES string of the molecule is C/C=C/C#CC#C[C@@H](O)[C@@H](/C=C/CCCO)O[C@@H]1O[C@H](CO[C@@H]2O[C@H](CO)[C@@H](O)[C@H](O)[C@H]2O)[C@@H](O)[C@H](O)[C@H]1O. The Morgan fingerprint density at radius 2 is 1.49 bits per heavy atom. The smallest absolute Gasteiger partial charge is 0.187 e. The van der Waals surface area contributed by atoms with Crippen LogP contribution in [0.2, 0.25) is 0 Å². The van der Waals surface area contributed by atoms with Crippen LogP contribution in [0, 0.1) is 23.7 Å². The molecule has 13 heteroatoms. The van der Waals surface area contributed by atoms with Crippen molar-refractivity contribution in [2.45, 2.75) is 93.4 Å². The number of aliphatic hydroxyl groups is 9. The second-order valence-electron chi connectivity index (χ2n) is 8.92. The highest BCUT2D eigenvalue weighted by molar-refractivity contribution is 5.32. The van der Waals surface area contributed by atoms with Gasteiger partial charge in [-0.2, -0.15) is 0 Å². The third kappa shape index (κ3) is 9.60. The van der Waals surface area contributed by atoms with Crippen LogP contribution in [-0.2, 0) is 18.9 Å². The van der Waals surface area contributed by atoms with E-state index in [4.69, 9.17) is 24.1 Å². The predicted molar refractivity (Wildman–Crippen MR) is 133 cm³/mol. The highest BCUT2D eigenvalue weighted by Crippen LogP contribution is 2.27. The van der Waals surface area contributed by atoms with Gasteiger partial charge >= 0.3 is 0 Å². The molecule has 2 saturated heterocycles. The molecule has 0 aromatic rings. The first kappa shape index (κ1) is 33.3. The van der Waals surface area contributed by atoms with Crippen LogP contribution < -0.4 is 0 Å². The van der Waals surface area contributed by atoms with Gasteiger partial charge in [0, 0.05) is 6.61 Å². The summed E-state index contributed by atoms with van der Waals surface area (Å²) in [6, 6.07) is 0. The molecule has 2 heterocycles. The number of aliphatic hydroxyl groups excluding tert-OH is 9. The fourth-order valence-electron chi connectivity index (χ4n) is 3.73. The van der Waals surface area contributed by atoms with E-state index < -0.39 is 86.8 Å². The Bertz CT molecular complexity index is 901. The van der Waals surface area contributed by atoms with Crippen molar-refractivity contribution >= 4 is 0 Å². The minimum Gasteiger partial charge on any atom is -0.396 e. The molecule has 2 aliphatic heterocycles. The number of rotatable bonds is 11. The molecular formula is C26H38O13. The fraction of sp³-hybridized carbons (Fsp3) is 0.692. The maximum absolute atomic E-state index is 10.6. The van der Waals surface area contributed by atoms with Gasteiger partial charge in [-0.3, -0.25) is 0 Å². The Morgan fingerprint density at radius 1 is 0.846 bits per heavy atom. The molecule has 2 fully saturated rings. The second-order valence-corrected chi connectivity index (χ2v) is 8.92. The van der Waals surface area contributed by atoms with Crippen molar-refractivity contribution < 1.29 is 64.9 Å². The highest BCUT2D eigenvalue weighted by atomic mass is 16.7. The second kappa shape index (κ2) is 17.0. The van der Waals surface area contributed by atoms with Gasteiger partial charge in [-0.05, 0) is 37.7 Å². The van der Waals surface area contributed by atoms with E-state index in [0.717, 1.165) is 0 Å². The molecule has 0 amide bonds. The Labute approximate surface area is 226 Å². The lowest BCUT2D eigenvalue weighted by molar-refractivity contribution is -0.335. The van der Waals surface area contributed by atoms with Crippen LogP contribution in [0.4, 0.5) is 0 Å². The zero-order valence-electron chi connectivity index (χ0n) is 21.4. The van der Waals surface area contributed by atoms with Crippen molar-refractivity contribution in [1.29, 1.82) is 0 Å². The molecule has 0 bridgehead atoms. The topological polar surface area (TPSA) is 219 Å². The zero-order valence-corrected chi connectivity index (χ0v) is 21.4. The van der Waals surface area contributed by atoms with Gasteiger partial charge < -0.3 is 64.9 Å². The van der Waals surface area contributed by atoms with Crippen LogP contribution in [0.3, 0.4) is 0 Å². The molecule has 0 aliphatic carbocycles. The first-order valence-corrected chi connectivity index (χ1v) is 12.5. The van der Waals surface area contributed by atoms with Crippen LogP contribution >= 0.6 is 0 Å². The van der Waals surface area contributed by atoms with E-state index in [9.17, 15) is 40.9 Å². The molecule has 0 spiro atoms. The Morgan fingerprint density at radius 3 is 2.13 bits per heavy atom. The number of hydrogen-bond acceptors (Lipinski definition) is 13. The lowest BCUT2D eigenvalue weighted by atomic mass is 9.98. The maximum Gasteiger partial charge on any atom is 0.187 e. The third-order valence-electron chi connectivity index (χ3n) is 6.00. The molecule has 2 rings (SSSR count). The fourth-order valence-corrected chi connectivity index (χ4v) is 3.73. The molecule has 0 radical (unpaired) electrons. The van der Waals surface area contributed by atoms with Gasteiger partial charge in [0.25, 0.3) is 0 Å². The molecule has 39 heavy (non-hydrogen) atoms. The summed E-state index contributed by atoms with van der Waals surface area (Å²) in [5.41, 5.74) is 0. The summed E-state index contributed by atoms with van der Waals surface area (Å²) >= 11 is 0. The van der Waals surface area contributed by atoms with E-state index in [1.54, 1.807) is 25.2 Å². The molecule has 0 saturated carbocycles. The van der Waals surface area contributed by atoms with Crippen molar-refractivity contribution in [2.75, 3.05) is 19.8 Å². The average Bonchev–Trinajstić information content (AvgIpc) is 2.93. The van der Waals surface area contributed by atoms with Crippen molar-refractivity contribution in [3.8, 4) is 23.7 Å². The van der Waals surface area contributed by atoms with E-state index in [2.05, 4.69) is 23.7 Å². The van der Waals surface area contributed by atoms with E-state index >= 15 is 0 Å². The van der Waals surface area contributed by atoms with E-state index in [-0.39, 0.29) is 6.61 Å². The maximum atomic E-state index is 10.6. The molecule has 12 atom stereocenters. The van der Waals surface area contributed by atoms with Crippen molar-refractivity contribution in [1.82, 2.24) is 0 Å². The standard InChI is InChI=1S/C26H38O13/c1-2-3-4-5-7-10-15(29)16(11-8-6-9-12-27)37-26-24(35)22(33)20(31)18(39-26)14-36-25-23(34)21(32)19(30)17(13-28)38-25/h2-3,8,11,15-35H,6,9,12-14H2,1H3/b3-2+,11-8+/t15-,16-,17-,18-,19-,20-,21+,22+,23-,24-,25-,26-/m1/s1. The molecule has 0 unspecified atom stereocenters. The van der Waals surface area contributed by atoms with Gasteiger partial charge in [0.05, 0.1) is 13.2 Å². The van der Waals surface area contributed by atoms with Crippen LogP contribution in [0.5, 0.6) is 0 Å². The lowest BCUT2D eigenvalue weighted by Gasteiger charge is -2.43. The molecule has 220 valence electrons. The summed E-state index contributed by atoms with van der Waals surface area (Å²) in [6.45, 7) is 0.519. The number of ether oxygens (including phenoxy) is 4. The van der Waals surface area contributed by atoms with Gasteiger partial charge in [0.15, 0.2) is 12.6 Å². The summed E-state index contributed by atoms with van der Waals surface area (Å²) in [4.78, 5) is 0. The van der Waals surface area contributed by atoms with E-state index in [0.29, 0.717) is 12.8 Å². The van der Waals surface area contributed by atoms with Crippen molar-refractivity contribution in [2.24, 2.45) is 0 Å². The van der Waals surface area contributed by atoms with Crippen LogP contribution in [0.1, 0.15) is 19.8 Å². The van der Waals surface area contributed by atoms with E-state index in [1.165, 1.54) is 6.08 Å². The number of allylic oxidation sites excluding steroid dienone is 3. The minimum absolute atomic E-state index is 0.0522. The summed E-state index contributed by atoms with van der Waals surface area (Å²) in [5, 5.41) is 90.1. The summed E-state index contributed by atoms with van der Waals surface area (Å²) in [7, 11) is 0. The molecule has 13 nitrogen and oxygen atoms in total. The van der Waals surface area contributed by atoms with Crippen LogP contribution in [0.25, 0.3) is 0 Å². The largest absolute Gasteiger partial charge is 0.396 e. The van der Waals surface area contributed by atoms with Gasteiger partial charge in [0.2, 0.25) is 0 Å². The Balaban J connectivity index is 2.13. The first-order chi connectivity index (χ1) is 18.7. The molecular weight excluding hydrogens is 520 g/mol. The van der Waals surface area contributed by atoms with Gasteiger partial charge in [-0.15, -0.1) is 0 Å². The van der Waals surface area contributed by atoms with Gasteiger partial charge in [-0.25, -0.2) is 0 Å². The molecule has 0 aromatic heterocycles. The Hall–Kier alpha value is -1.92. The zero-order chi connectivity index (χ0) is 28.9. The summed E-state index contributed by atoms with van der Waals surface area (Å²) in [6.07, 6.45) is -11.2. The quantitative estimate of drug-likeness (QED) is 0.0677. The van der Waals surface area contributed by atoms with Crippen molar-refractivity contribution in [3.05, 3.63) is 24.3 Å². The number of hydrogen-bond donors (Lipinski definition) is 9. The molecule has 9 N–H and O–H groups in total. The predicted octanol–water partition coefficient (Wildman–Crippen LogP) is -3.73. The van der Waals surface area contributed by atoms with Gasteiger partial charge in [0.1, 0.15) is 61.0 Å². The first-order valence-electron chi connectivity index (χ1n) is 12.5. The minimum atomic E-state index is -1.76. The molecule has 2 aliphatic rings. The van der Waals surface area contributed by atoms with E-state index in [1.807, 2.05) is 0 Å².